The van der Waals surface area contributed by atoms with E-state index >= 15 is 0 Å². The second kappa shape index (κ2) is 5.55. The number of pyridine rings is 1. The van der Waals surface area contributed by atoms with Crippen LogP contribution in [0.3, 0.4) is 0 Å². The predicted octanol–water partition coefficient (Wildman–Crippen LogP) is 4.00. The fourth-order valence-corrected chi connectivity index (χ4v) is 3.00. The van der Waals surface area contributed by atoms with Gasteiger partial charge in [0, 0.05) is 11.1 Å². The highest BCUT2D eigenvalue weighted by Gasteiger charge is 2.31. The summed E-state index contributed by atoms with van der Waals surface area (Å²) in [5, 5.41) is 0. The van der Waals surface area contributed by atoms with Gasteiger partial charge in [0.05, 0.1) is 17.9 Å². The summed E-state index contributed by atoms with van der Waals surface area (Å²) in [6.45, 7) is 10.9. The van der Waals surface area contributed by atoms with Crippen LogP contribution in [-0.2, 0) is 16.6 Å². The van der Waals surface area contributed by atoms with E-state index < -0.39 is 0 Å². The molecular formula is C17H25NO2. The van der Waals surface area contributed by atoms with E-state index in [1.807, 2.05) is 13.0 Å². The zero-order valence-electron chi connectivity index (χ0n) is 13.2. The Kier molecular flexibility index (Phi) is 4.17. The van der Waals surface area contributed by atoms with Gasteiger partial charge in [-0.05, 0) is 43.7 Å². The summed E-state index contributed by atoms with van der Waals surface area (Å²) < 4.78 is 5.18. The van der Waals surface area contributed by atoms with E-state index in [1.165, 1.54) is 11.3 Å². The Bertz CT molecular complexity index is 518. The van der Waals surface area contributed by atoms with Crippen LogP contribution in [0.1, 0.15) is 80.7 Å². The van der Waals surface area contributed by atoms with Gasteiger partial charge in [-0.25, -0.2) is 4.79 Å². The number of aryl methyl sites for hydroxylation is 1. The van der Waals surface area contributed by atoms with Crippen molar-refractivity contribution in [3.63, 3.8) is 0 Å². The fourth-order valence-electron chi connectivity index (χ4n) is 3.00. The Morgan fingerprint density at radius 1 is 1.45 bits per heavy atom. The van der Waals surface area contributed by atoms with Crippen molar-refractivity contribution in [3.05, 3.63) is 28.6 Å². The smallest absolute Gasteiger partial charge is 0.339 e. The van der Waals surface area contributed by atoms with Crippen molar-refractivity contribution >= 4 is 5.97 Å². The van der Waals surface area contributed by atoms with Gasteiger partial charge in [0.15, 0.2) is 0 Å². The first-order chi connectivity index (χ1) is 9.36. The molecule has 0 aromatic carbocycles. The highest BCUT2D eigenvalue weighted by Crippen LogP contribution is 2.37. The maximum Gasteiger partial charge on any atom is 0.339 e. The summed E-state index contributed by atoms with van der Waals surface area (Å²) in [6, 6.07) is 2.02. The average Bonchev–Trinajstić information content (AvgIpc) is 2.37. The lowest BCUT2D eigenvalue weighted by Crippen LogP contribution is -2.27. The van der Waals surface area contributed by atoms with Crippen molar-refractivity contribution < 1.29 is 9.53 Å². The van der Waals surface area contributed by atoms with E-state index in [9.17, 15) is 4.79 Å². The monoisotopic (exact) mass is 275 g/mol. The molecule has 0 atom stereocenters. The first-order valence-corrected chi connectivity index (χ1v) is 7.58. The van der Waals surface area contributed by atoms with Crippen LogP contribution in [0.4, 0.5) is 0 Å². The summed E-state index contributed by atoms with van der Waals surface area (Å²) in [5.41, 5.74) is 4.01. The molecule has 0 N–H and O–H groups in total. The number of rotatable bonds is 3. The first-order valence-electron chi connectivity index (χ1n) is 7.58. The van der Waals surface area contributed by atoms with E-state index in [0.29, 0.717) is 12.2 Å². The van der Waals surface area contributed by atoms with Crippen LogP contribution in [0.2, 0.25) is 0 Å². The van der Waals surface area contributed by atoms with Crippen LogP contribution in [0, 0.1) is 0 Å². The molecule has 1 aliphatic carbocycles. The molecule has 0 saturated carbocycles. The Morgan fingerprint density at radius 3 is 2.75 bits per heavy atom. The zero-order valence-corrected chi connectivity index (χ0v) is 13.2. The van der Waals surface area contributed by atoms with Crippen LogP contribution in [0.15, 0.2) is 6.07 Å². The molecule has 1 aliphatic rings. The Hall–Kier alpha value is -1.38. The van der Waals surface area contributed by atoms with Gasteiger partial charge in [-0.2, -0.15) is 0 Å². The molecular weight excluding hydrogens is 250 g/mol. The molecule has 0 amide bonds. The molecule has 0 radical (unpaired) electrons. The number of hydrogen-bond acceptors (Lipinski definition) is 3. The van der Waals surface area contributed by atoms with Gasteiger partial charge >= 0.3 is 5.97 Å². The summed E-state index contributed by atoms with van der Waals surface area (Å²) in [5.74, 6) is -0.0210. The van der Waals surface area contributed by atoms with Crippen molar-refractivity contribution in [1.82, 2.24) is 4.98 Å². The Balaban J connectivity index is 2.56. The molecule has 3 nitrogen and oxygen atoms in total. The van der Waals surface area contributed by atoms with Crippen LogP contribution in [0.5, 0.6) is 0 Å². The number of nitrogens with zero attached hydrogens (tertiary/aromatic N) is 1. The minimum Gasteiger partial charge on any atom is -0.462 e. The first kappa shape index (κ1) is 15.0. The summed E-state index contributed by atoms with van der Waals surface area (Å²) in [6.07, 6.45) is 3.32. The lowest BCUT2D eigenvalue weighted by Gasteiger charge is -2.32. The number of hydrogen-bond donors (Lipinski definition) is 0. The molecule has 0 aliphatic heterocycles. The number of ether oxygens (including phenoxy) is 1. The molecule has 0 spiro atoms. The fraction of sp³-hybridized carbons (Fsp3) is 0.647. The van der Waals surface area contributed by atoms with Gasteiger partial charge in [0.2, 0.25) is 0 Å². The standard InChI is InChI=1S/C17H25NO2/c1-6-20-16(19)13-10-12-8-7-9-17(4,5)15(12)18-14(13)11(2)3/h10-11H,6-9H2,1-5H3. The topological polar surface area (TPSA) is 39.2 Å². The molecule has 20 heavy (non-hydrogen) atoms. The highest BCUT2D eigenvalue weighted by molar-refractivity contribution is 5.91. The number of esters is 1. The predicted molar refractivity (Wildman–Crippen MR) is 80.2 cm³/mol. The lowest BCUT2D eigenvalue weighted by atomic mass is 9.75. The van der Waals surface area contributed by atoms with Crippen molar-refractivity contribution in [2.45, 2.75) is 65.2 Å². The van der Waals surface area contributed by atoms with E-state index in [-0.39, 0.29) is 17.3 Å². The number of carbonyl (C=O) groups excluding carboxylic acids is 1. The number of carbonyl (C=O) groups is 1. The molecule has 1 aromatic heterocycles. The number of fused-ring (bicyclic) bond motifs is 1. The second-order valence-corrected chi connectivity index (χ2v) is 6.54. The van der Waals surface area contributed by atoms with Gasteiger partial charge in [-0.1, -0.05) is 27.7 Å². The van der Waals surface area contributed by atoms with E-state index in [2.05, 4.69) is 27.7 Å². The molecule has 2 rings (SSSR count). The quantitative estimate of drug-likeness (QED) is 0.783. The maximum absolute atomic E-state index is 12.2. The van der Waals surface area contributed by atoms with Crippen LogP contribution < -0.4 is 0 Å². The number of aromatic nitrogens is 1. The minimum atomic E-state index is -0.241. The highest BCUT2D eigenvalue weighted by atomic mass is 16.5. The maximum atomic E-state index is 12.2. The second-order valence-electron chi connectivity index (χ2n) is 6.54. The van der Waals surface area contributed by atoms with Gasteiger partial charge in [-0.15, -0.1) is 0 Å². The van der Waals surface area contributed by atoms with Gasteiger partial charge in [0.25, 0.3) is 0 Å². The summed E-state index contributed by atoms with van der Waals surface area (Å²) in [7, 11) is 0. The minimum absolute atomic E-state index is 0.102. The molecule has 0 fully saturated rings. The molecule has 0 saturated heterocycles. The van der Waals surface area contributed by atoms with Crippen LogP contribution in [-0.4, -0.2) is 17.6 Å². The van der Waals surface area contributed by atoms with Crippen molar-refractivity contribution in [1.29, 1.82) is 0 Å². The molecule has 0 unspecified atom stereocenters. The molecule has 1 heterocycles. The Morgan fingerprint density at radius 2 is 2.15 bits per heavy atom. The lowest BCUT2D eigenvalue weighted by molar-refractivity contribution is 0.0523. The third-order valence-electron chi connectivity index (χ3n) is 4.06. The van der Waals surface area contributed by atoms with Crippen molar-refractivity contribution in [3.8, 4) is 0 Å². The van der Waals surface area contributed by atoms with Crippen LogP contribution >= 0.6 is 0 Å². The van der Waals surface area contributed by atoms with E-state index in [0.717, 1.165) is 25.0 Å². The third kappa shape index (κ3) is 2.72. The summed E-state index contributed by atoms with van der Waals surface area (Å²) in [4.78, 5) is 17.0. The molecule has 0 bridgehead atoms. The average molecular weight is 275 g/mol. The van der Waals surface area contributed by atoms with Crippen LogP contribution in [0.25, 0.3) is 0 Å². The summed E-state index contributed by atoms with van der Waals surface area (Å²) >= 11 is 0. The third-order valence-corrected chi connectivity index (χ3v) is 4.06. The zero-order chi connectivity index (χ0) is 14.9. The van der Waals surface area contributed by atoms with Gasteiger partial charge < -0.3 is 4.74 Å². The molecule has 1 aromatic rings. The largest absolute Gasteiger partial charge is 0.462 e. The van der Waals surface area contributed by atoms with E-state index in [1.54, 1.807) is 0 Å². The van der Waals surface area contributed by atoms with Gasteiger partial charge in [-0.3, -0.25) is 4.98 Å². The van der Waals surface area contributed by atoms with Crippen molar-refractivity contribution in [2.24, 2.45) is 0 Å². The normalized spacial score (nSPS) is 16.9. The van der Waals surface area contributed by atoms with Crippen molar-refractivity contribution in [2.75, 3.05) is 6.61 Å². The molecule has 3 heteroatoms. The molecule has 110 valence electrons. The SMILES string of the molecule is CCOC(=O)c1cc2c(nc1C(C)C)C(C)(C)CCC2. The van der Waals surface area contributed by atoms with E-state index in [4.69, 9.17) is 9.72 Å². The van der Waals surface area contributed by atoms with Gasteiger partial charge in [0.1, 0.15) is 0 Å². The Labute approximate surface area is 121 Å².